The van der Waals surface area contributed by atoms with Crippen molar-refractivity contribution >= 4 is 21.4 Å². The van der Waals surface area contributed by atoms with Crippen molar-refractivity contribution < 1.29 is 8.42 Å². The van der Waals surface area contributed by atoms with Gasteiger partial charge in [0.2, 0.25) is 0 Å². The van der Waals surface area contributed by atoms with Gasteiger partial charge in [-0.2, -0.15) is 0 Å². The van der Waals surface area contributed by atoms with Crippen molar-refractivity contribution in [2.45, 2.75) is 32.1 Å². The molecule has 0 heterocycles. The average Bonchev–Trinajstić information content (AvgIpc) is 2.27. The van der Waals surface area contributed by atoms with Crippen LogP contribution < -0.4 is 5.32 Å². The molecule has 0 radical (unpaired) electrons. The molecule has 1 rings (SSSR count). The second-order valence-electron chi connectivity index (χ2n) is 4.68. The van der Waals surface area contributed by atoms with E-state index in [4.69, 9.17) is 11.6 Å². The van der Waals surface area contributed by atoms with E-state index in [1.807, 2.05) is 13.8 Å². The number of benzene rings is 1. The van der Waals surface area contributed by atoms with Crippen LogP contribution in [-0.2, 0) is 15.6 Å². The van der Waals surface area contributed by atoms with E-state index in [9.17, 15) is 8.42 Å². The molecule has 0 aromatic heterocycles. The van der Waals surface area contributed by atoms with Gasteiger partial charge in [-0.15, -0.1) is 0 Å². The van der Waals surface area contributed by atoms with Crippen LogP contribution >= 0.6 is 11.6 Å². The van der Waals surface area contributed by atoms with Crippen molar-refractivity contribution in [2.75, 3.05) is 12.3 Å². The summed E-state index contributed by atoms with van der Waals surface area (Å²) < 4.78 is 23.7. The number of hydrogen-bond acceptors (Lipinski definition) is 3. The molecular weight excluding hydrogens is 270 g/mol. The first-order valence-corrected chi connectivity index (χ1v) is 8.27. The fraction of sp³-hybridized carbons (Fsp3) is 0.538. The van der Waals surface area contributed by atoms with Crippen LogP contribution in [0, 0.1) is 0 Å². The van der Waals surface area contributed by atoms with E-state index >= 15 is 0 Å². The highest BCUT2D eigenvalue weighted by atomic mass is 35.5. The Labute approximate surface area is 114 Å². The van der Waals surface area contributed by atoms with Crippen LogP contribution in [0.25, 0.3) is 0 Å². The molecule has 0 saturated heterocycles. The van der Waals surface area contributed by atoms with Crippen LogP contribution in [0.5, 0.6) is 0 Å². The molecule has 0 fully saturated rings. The van der Waals surface area contributed by atoms with Gasteiger partial charge in [0.1, 0.15) is 0 Å². The lowest BCUT2D eigenvalue weighted by Gasteiger charge is -2.08. The predicted octanol–water partition coefficient (Wildman–Crippen LogP) is 2.64. The minimum absolute atomic E-state index is 0.0891. The number of sulfone groups is 1. The lowest BCUT2D eigenvalue weighted by Crippen LogP contribution is -2.25. The maximum absolute atomic E-state index is 11.9. The first-order valence-electron chi connectivity index (χ1n) is 6.07. The highest BCUT2D eigenvalue weighted by Crippen LogP contribution is 2.12. The Balaban J connectivity index is 2.42. The Bertz CT molecular complexity index is 454. The summed E-state index contributed by atoms with van der Waals surface area (Å²) in [4.78, 5) is 0. The lowest BCUT2D eigenvalue weighted by molar-refractivity contribution is 0.568. The van der Waals surface area contributed by atoms with Crippen molar-refractivity contribution in [1.29, 1.82) is 0 Å². The summed E-state index contributed by atoms with van der Waals surface area (Å²) in [7, 11) is -3.03. The monoisotopic (exact) mass is 289 g/mol. The van der Waals surface area contributed by atoms with Gasteiger partial charge >= 0.3 is 0 Å². The zero-order valence-corrected chi connectivity index (χ0v) is 12.4. The van der Waals surface area contributed by atoms with Gasteiger partial charge in [-0.3, -0.25) is 0 Å². The van der Waals surface area contributed by atoms with Crippen molar-refractivity contribution in [3.63, 3.8) is 0 Å². The molecule has 1 N–H and O–H groups in total. The van der Waals surface area contributed by atoms with Crippen LogP contribution in [0.1, 0.15) is 25.8 Å². The van der Waals surface area contributed by atoms with Crippen LogP contribution in [0.4, 0.5) is 0 Å². The number of nitrogens with one attached hydrogen (secondary N) is 1. The van der Waals surface area contributed by atoms with E-state index in [0.29, 0.717) is 17.5 Å². The van der Waals surface area contributed by atoms with Crippen molar-refractivity contribution in [2.24, 2.45) is 0 Å². The standard InChI is InChI=1S/C13H20ClNO2S/c1-11(2)15-8-3-9-18(16,17)10-12-4-6-13(14)7-5-12/h4-7,11,15H,3,8-10H2,1-2H3. The summed E-state index contributed by atoms with van der Waals surface area (Å²) in [6.45, 7) is 4.82. The summed E-state index contributed by atoms with van der Waals surface area (Å²) in [6, 6.07) is 7.33. The van der Waals surface area contributed by atoms with Gasteiger partial charge in [-0.05, 0) is 30.7 Å². The van der Waals surface area contributed by atoms with Crippen LogP contribution in [-0.4, -0.2) is 26.8 Å². The van der Waals surface area contributed by atoms with Crippen molar-refractivity contribution in [3.05, 3.63) is 34.9 Å². The summed E-state index contributed by atoms with van der Waals surface area (Å²) in [6.07, 6.45) is 0.647. The Morgan fingerprint density at radius 2 is 1.83 bits per heavy atom. The summed E-state index contributed by atoms with van der Waals surface area (Å²) in [5.74, 6) is 0.307. The second kappa shape index (κ2) is 7.12. The van der Waals surface area contributed by atoms with Gasteiger partial charge in [0.05, 0.1) is 11.5 Å². The summed E-state index contributed by atoms with van der Waals surface area (Å²) in [5, 5.41) is 3.83. The maximum atomic E-state index is 11.9. The van der Waals surface area contributed by atoms with E-state index in [0.717, 1.165) is 12.1 Å². The minimum Gasteiger partial charge on any atom is -0.314 e. The van der Waals surface area contributed by atoms with Gasteiger partial charge in [0.25, 0.3) is 0 Å². The van der Waals surface area contributed by atoms with Crippen LogP contribution in [0.2, 0.25) is 5.02 Å². The fourth-order valence-corrected chi connectivity index (χ4v) is 3.14. The molecule has 0 spiro atoms. The van der Waals surface area contributed by atoms with Gasteiger partial charge < -0.3 is 5.32 Å². The molecular formula is C13H20ClNO2S. The topological polar surface area (TPSA) is 46.2 Å². The maximum Gasteiger partial charge on any atom is 0.154 e. The Morgan fingerprint density at radius 3 is 2.39 bits per heavy atom. The third-order valence-electron chi connectivity index (χ3n) is 2.48. The van der Waals surface area contributed by atoms with E-state index in [2.05, 4.69) is 5.32 Å². The largest absolute Gasteiger partial charge is 0.314 e. The Hall–Kier alpha value is -0.580. The number of rotatable bonds is 7. The molecule has 3 nitrogen and oxygen atoms in total. The summed E-state index contributed by atoms with van der Waals surface area (Å²) >= 11 is 5.76. The van der Waals surface area contributed by atoms with E-state index in [-0.39, 0.29) is 11.5 Å². The van der Waals surface area contributed by atoms with Gasteiger partial charge in [0, 0.05) is 11.1 Å². The summed E-state index contributed by atoms with van der Waals surface area (Å²) in [5.41, 5.74) is 0.788. The van der Waals surface area contributed by atoms with Crippen LogP contribution in [0.15, 0.2) is 24.3 Å². The number of halogens is 1. The molecule has 0 saturated carbocycles. The van der Waals surface area contributed by atoms with Gasteiger partial charge in [0.15, 0.2) is 9.84 Å². The molecule has 0 aliphatic rings. The highest BCUT2D eigenvalue weighted by molar-refractivity contribution is 7.90. The second-order valence-corrected chi connectivity index (χ2v) is 7.30. The molecule has 0 bridgehead atoms. The molecule has 0 atom stereocenters. The third kappa shape index (κ3) is 6.38. The molecule has 102 valence electrons. The SMILES string of the molecule is CC(C)NCCCS(=O)(=O)Cc1ccc(Cl)cc1. The number of hydrogen-bond donors (Lipinski definition) is 1. The van der Waals surface area contributed by atoms with Crippen molar-refractivity contribution in [3.8, 4) is 0 Å². The van der Waals surface area contributed by atoms with Crippen molar-refractivity contribution in [1.82, 2.24) is 5.32 Å². The molecule has 18 heavy (non-hydrogen) atoms. The first kappa shape index (κ1) is 15.5. The van der Waals surface area contributed by atoms with Gasteiger partial charge in [-0.25, -0.2) is 8.42 Å². The fourth-order valence-electron chi connectivity index (χ4n) is 1.59. The minimum atomic E-state index is -3.03. The Morgan fingerprint density at radius 1 is 1.22 bits per heavy atom. The lowest BCUT2D eigenvalue weighted by atomic mass is 10.2. The molecule has 0 unspecified atom stereocenters. The first-order chi connectivity index (χ1) is 8.39. The Kier molecular flexibility index (Phi) is 6.12. The predicted molar refractivity (Wildman–Crippen MR) is 76.7 cm³/mol. The van der Waals surface area contributed by atoms with Gasteiger partial charge in [-0.1, -0.05) is 37.6 Å². The zero-order valence-electron chi connectivity index (χ0n) is 10.8. The normalized spacial score (nSPS) is 12.0. The van der Waals surface area contributed by atoms with E-state index in [1.54, 1.807) is 24.3 Å². The smallest absolute Gasteiger partial charge is 0.154 e. The molecule has 0 aliphatic carbocycles. The van der Waals surface area contributed by atoms with Crippen LogP contribution in [0.3, 0.4) is 0 Å². The van der Waals surface area contributed by atoms with E-state index < -0.39 is 9.84 Å². The quantitative estimate of drug-likeness (QED) is 0.785. The molecule has 1 aromatic rings. The third-order valence-corrected chi connectivity index (χ3v) is 4.42. The molecule has 0 aliphatic heterocycles. The van der Waals surface area contributed by atoms with E-state index in [1.165, 1.54) is 0 Å². The highest BCUT2D eigenvalue weighted by Gasteiger charge is 2.11. The molecule has 1 aromatic carbocycles. The zero-order chi connectivity index (χ0) is 13.6. The molecule has 5 heteroatoms. The average molecular weight is 290 g/mol. The molecule has 0 amide bonds.